The Kier molecular flexibility index (Phi) is 2.96. The molecular weight excluding hydrogens is 256 g/mol. The minimum Gasteiger partial charge on any atom is -0.459 e. The highest BCUT2D eigenvalue weighted by molar-refractivity contribution is 6.02. The van der Waals surface area contributed by atoms with Crippen LogP contribution in [0.1, 0.15) is 10.6 Å². The molecular formula is C14H12N4O2. The quantitative estimate of drug-likeness (QED) is 0.679. The minimum absolute atomic E-state index is 0.265. The molecule has 3 aromatic rings. The van der Waals surface area contributed by atoms with Gasteiger partial charge in [0.15, 0.2) is 11.7 Å². The molecule has 2 aromatic heterocycles. The summed E-state index contributed by atoms with van der Waals surface area (Å²) < 4.78 is 5.04. The normalized spacial score (nSPS) is 10.4. The van der Waals surface area contributed by atoms with Crippen LogP contribution in [0.3, 0.4) is 0 Å². The molecule has 2 heterocycles. The average Bonchev–Trinajstić information content (AvgIpc) is 3.10. The summed E-state index contributed by atoms with van der Waals surface area (Å²) in [6, 6.07) is 10.6. The molecule has 0 radical (unpaired) electrons. The Bertz CT molecular complexity index is 731. The van der Waals surface area contributed by atoms with Gasteiger partial charge >= 0.3 is 0 Å². The maximum absolute atomic E-state index is 11.9. The van der Waals surface area contributed by atoms with Crippen LogP contribution in [-0.4, -0.2) is 15.9 Å². The standard InChI is InChI=1S/C14H12N4O2/c15-14-16-8-11(18-14)9-3-1-4-10(7-9)17-13(19)12-5-2-6-20-12/h1-8H,(H,17,19)(H3,15,16,18). The summed E-state index contributed by atoms with van der Waals surface area (Å²) in [7, 11) is 0. The second kappa shape index (κ2) is 4.93. The maximum atomic E-state index is 11.9. The number of furan rings is 1. The van der Waals surface area contributed by atoms with Crippen molar-refractivity contribution in [1.82, 2.24) is 9.97 Å². The van der Waals surface area contributed by atoms with Crippen molar-refractivity contribution in [3.63, 3.8) is 0 Å². The highest BCUT2D eigenvalue weighted by Crippen LogP contribution is 2.21. The van der Waals surface area contributed by atoms with E-state index in [1.807, 2.05) is 18.2 Å². The molecule has 3 rings (SSSR count). The molecule has 0 bridgehead atoms. The zero-order chi connectivity index (χ0) is 13.9. The third-order valence-corrected chi connectivity index (χ3v) is 2.77. The number of amides is 1. The topological polar surface area (TPSA) is 96.9 Å². The highest BCUT2D eigenvalue weighted by atomic mass is 16.3. The van der Waals surface area contributed by atoms with Crippen molar-refractivity contribution in [2.45, 2.75) is 0 Å². The van der Waals surface area contributed by atoms with Gasteiger partial charge in [-0.1, -0.05) is 12.1 Å². The number of nitrogen functional groups attached to an aromatic ring is 1. The number of rotatable bonds is 3. The largest absolute Gasteiger partial charge is 0.459 e. The maximum Gasteiger partial charge on any atom is 0.291 e. The van der Waals surface area contributed by atoms with Gasteiger partial charge in [0.1, 0.15) is 0 Å². The predicted octanol–water partition coefficient (Wildman–Crippen LogP) is 2.50. The van der Waals surface area contributed by atoms with Gasteiger partial charge in [0.25, 0.3) is 5.91 Å². The van der Waals surface area contributed by atoms with Gasteiger partial charge in [-0.3, -0.25) is 4.79 Å². The SMILES string of the molecule is Nc1ncc(-c2cccc(NC(=O)c3ccco3)c2)[nH]1. The van der Waals surface area contributed by atoms with Crippen LogP contribution < -0.4 is 11.1 Å². The average molecular weight is 268 g/mol. The van der Waals surface area contributed by atoms with Gasteiger partial charge in [0.2, 0.25) is 0 Å². The Labute approximate surface area is 114 Å². The van der Waals surface area contributed by atoms with E-state index in [1.165, 1.54) is 6.26 Å². The fourth-order valence-electron chi connectivity index (χ4n) is 1.85. The van der Waals surface area contributed by atoms with Gasteiger partial charge in [-0.05, 0) is 24.3 Å². The van der Waals surface area contributed by atoms with Crippen LogP contribution in [-0.2, 0) is 0 Å². The molecule has 20 heavy (non-hydrogen) atoms. The molecule has 0 aliphatic carbocycles. The van der Waals surface area contributed by atoms with E-state index in [1.54, 1.807) is 24.4 Å². The summed E-state index contributed by atoms with van der Waals surface area (Å²) in [6.07, 6.45) is 3.10. The van der Waals surface area contributed by atoms with Crippen molar-refractivity contribution < 1.29 is 9.21 Å². The van der Waals surface area contributed by atoms with Gasteiger partial charge in [-0.15, -0.1) is 0 Å². The lowest BCUT2D eigenvalue weighted by Crippen LogP contribution is -2.10. The van der Waals surface area contributed by atoms with Crippen molar-refractivity contribution in [2.75, 3.05) is 11.1 Å². The molecule has 1 amide bonds. The summed E-state index contributed by atoms with van der Waals surface area (Å²) in [6.45, 7) is 0. The fraction of sp³-hybridized carbons (Fsp3) is 0. The Morgan fingerprint density at radius 2 is 2.20 bits per heavy atom. The number of hydrogen-bond acceptors (Lipinski definition) is 4. The van der Waals surface area contributed by atoms with Gasteiger partial charge in [0, 0.05) is 11.3 Å². The van der Waals surface area contributed by atoms with Crippen molar-refractivity contribution in [3.05, 3.63) is 54.6 Å². The van der Waals surface area contributed by atoms with E-state index < -0.39 is 0 Å². The van der Waals surface area contributed by atoms with Crippen LogP contribution in [0.4, 0.5) is 11.6 Å². The minimum atomic E-state index is -0.295. The number of nitrogens with two attached hydrogens (primary N) is 1. The first-order valence-electron chi connectivity index (χ1n) is 5.98. The van der Waals surface area contributed by atoms with E-state index in [0.717, 1.165) is 11.3 Å². The molecule has 0 saturated heterocycles. The van der Waals surface area contributed by atoms with Gasteiger partial charge in [-0.2, -0.15) is 0 Å². The third-order valence-electron chi connectivity index (χ3n) is 2.77. The van der Waals surface area contributed by atoms with Crippen molar-refractivity contribution in [2.24, 2.45) is 0 Å². The second-order valence-corrected chi connectivity index (χ2v) is 4.19. The molecule has 0 unspecified atom stereocenters. The summed E-state index contributed by atoms with van der Waals surface area (Å²) >= 11 is 0. The lowest BCUT2D eigenvalue weighted by molar-refractivity contribution is 0.0996. The summed E-state index contributed by atoms with van der Waals surface area (Å²) in [5.41, 5.74) is 7.88. The lowest BCUT2D eigenvalue weighted by Gasteiger charge is -2.05. The van der Waals surface area contributed by atoms with Crippen LogP contribution >= 0.6 is 0 Å². The molecule has 100 valence electrons. The van der Waals surface area contributed by atoms with Gasteiger partial charge in [-0.25, -0.2) is 4.98 Å². The summed E-state index contributed by atoms with van der Waals surface area (Å²) in [5, 5.41) is 2.76. The Morgan fingerprint density at radius 3 is 2.90 bits per heavy atom. The van der Waals surface area contributed by atoms with E-state index in [9.17, 15) is 4.79 Å². The van der Waals surface area contributed by atoms with Crippen molar-refractivity contribution in [1.29, 1.82) is 0 Å². The fourth-order valence-corrected chi connectivity index (χ4v) is 1.85. The van der Waals surface area contributed by atoms with E-state index >= 15 is 0 Å². The summed E-state index contributed by atoms with van der Waals surface area (Å²) in [5.74, 6) is 0.322. The van der Waals surface area contributed by atoms with E-state index in [4.69, 9.17) is 10.2 Å². The molecule has 0 atom stereocenters. The Balaban J connectivity index is 1.83. The van der Waals surface area contributed by atoms with E-state index in [0.29, 0.717) is 11.6 Å². The number of carbonyl (C=O) groups excluding carboxylic acids is 1. The molecule has 4 N–H and O–H groups in total. The van der Waals surface area contributed by atoms with Gasteiger partial charge in [0.05, 0.1) is 18.2 Å². The van der Waals surface area contributed by atoms with E-state index in [2.05, 4.69) is 15.3 Å². The number of imidazole rings is 1. The summed E-state index contributed by atoms with van der Waals surface area (Å²) in [4.78, 5) is 18.8. The number of aromatic amines is 1. The van der Waals surface area contributed by atoms with Gasteiger partial charge < -0.3 is 20.5 Å². The van der Waals surface area contributed by atoms with Crippen molar-refractivity contribution >= 4 is 17.5 Å². The number of carbonyl (C=O) groups is 1. The first kappa shape index (κ1) is 12.0. The molecule has 0 spiro atoms. The first-order chi connectivity index (χ1) is 9.72. The zero-order valence-corrected chi connectivity index (χ0v) is 10.5. The van der Waals surface area contributed by atoms with Crippen molar-refractivity contribution in [3.8, 4) is 11.3 Å². The molecule has 0 aliphatic heterocycles. The van der Waals surface area contributed by atoms with Crippen LogP contribution in [0.2, 0.25) is 0 Å². The molecule has 6 nitrogen and oxygen atoms in total. The van der Waals surface area contributed by atoms with E-state index in [-0.39, 0.29) is 11.7 Å². The molecule has 0 aliphatic rings. The first-order valence-corrected chi connectivity index (χ1v) is 5.98. The third kappa shape index (κ3) is 2.39. The number of nitrogens with one attached hydrogen (secondary N) is 2. The monoisotopic (exact) mass is 268 g/mol. The van der Waals surface area contributed by atoms with Crippen LogP contribution in [0.15, 0.2) is 53.3 Å². The molecule has 1 aromatic carbocycles. The Hall–Kier alpha value is -3.02. The number of nitrogens with zero attached hydrogens (tertiary/aromatic N) is 1. The number of benzene rings is 1. The van der Waals surface area contributed by atoms with Crippen LogP contribution in [0.5, 0.6) is 0 Å². The molecule has 0 saturated carbocycles. The van der Waals surface area contributed by atoms with Crippen LogP contribution in [0.25, 0.3) is 11.3 Å². The Morgan fingerprint density at radius 1 is 1.30 bits per heavy atom. The molecule has 0 fully saturated rings. The van der Waals surface area contributed by atoms with Crippen LogP contribution in [0, 0.1) is 0 Å². The highest BCUT2D eigenvalue weighted by Gasteiger charge is 2.09. The number of aromatic nitrogens is 2. The predicted molar refractivity (Wildman–Crippen MR) is 75.1 cm³/mol. The zero-order valence-electron chi connectivity index (χ0n) is 10.5. The lowest BCUT2D eigenvalue weighted by atomic mass is 10.1. The number of H-pyrrole nitrogens is 1. The second-order valence-electron chi connectivity index (χ2n) is 4.19. The smallest absolute Gasteiger partial charge is 0.291 e. The number of anilines is 2. The molecule has 6 heteroatoms. The number of hydrogen-bond donors (Lipinski definition) is 3.